The third-order valence-electron chi connectivity index (χ3n) is 3.74. The largest absolute Gasteiger partial charge is 0.452 e. The second-order valence-corrected chi connectivity index (χ2v) is 6.49. The van der Waals surface area contributed by atoms with E-state index >= 15 is 0 Å². The van der Waals surface area contributed by atoms with E-state index in [0.717, 1.165) is 9.96 Å². The number of pyridine rings is 1. The normalized spacial score (nSPS) is 12.8. The van der Waals surface area contributed by atoms with Crippen molar-refractivity contribution in [3.63, 3.8) is 0 Å². The molecule has 2 heterocycles. The van der Waals surface area contributed by atoms with E-state index in [1.807, 2.05) is 24.3 Å². The van der Waals surface area contributed by atoms with Crippen LogP contribution in [0.2, 0.25) is 0 Å². The van der Waals surface area contributed by atoms with Crippen molar-refractivity contribution >= 4 is 5.65 Å². The van der Waals surface area contributed by atoms with Crippen LogP contribution in [0.3, 0.4) is 0 Å². The van der Waals surface area contributed by atoms with Gasteiger partial charge in [0.1, 0.15) is 0 Å². The zero-order valence-corrected chi connectivity index (χ0v) is 13.0. The van der Waals surface area contributed by atoms with Gasteiger partial charge in [0.2, 0.25) is 5.82 Å². The third kappa shape index (κ3) is 2.93. The second kappa shape index (κ2) is 5.08. The highest BCUT2D eigenvalue weighted by Crippen LogP contribution is 2.30. The van der Waals surface area contributed by atoms with Crippen LogP contribution in [0.1, 0.15) is 32.2 Å². The van der Waals surface area contributed by atoms with Crippen molar-refractivity contribution in [2.24, 2.45) is 0 Å². The minimum absolute atomic E-state index is 0.0280. The van der Waals surface area contributed by atoms with Gasteiger partial charge in [-0.2, -0.15) is 13.2 Å². The number of benzene rings is 1. The Hall–Kier alpha value is -2.37. The Bertz CT molecular complexity index is 840. The van der Waals surface area contributed by atoms with Crippen LogP contribution in [0.5, 0.6) is 0 Å². The van der Waals surface area contributed by atoms with Gasteiger partial charge in [0, 0.05) is 6.20 Å². The fourth-order valence-electron chi connectivity index (χ4n) is 2.42. The van der Waals surface area contributed by atoms with Crippen LogP contribution in [0.15, 0.2) is 42.6 Å². The molecule has 0 spiro atoms. The number of hydrogen-bond donors (Lipinski definition) is 0. The molecule has 6 heteroatoms. The van der Waals surface area contributed by atoms with Crippen molar-refractivity contribution in [2.75, 3.05) is 0 Å². The van der Waals surface area contributed by atoms with Crippen molar-refractivity contribution in [3.8, 4) is 11.1 Å². The highest BCUT2D eigenvalue weighted by molar-refractivity contribution is 5.65. The maximum atomic E-state index is 12.9. The predicted octanol–water partition coefficient (Wildman–Crippen LogP) is 4.71. The Morgan fingerprint density at radius 1 is 0.826 bits per heavy atom. The lowest BCUT2D eigenvalue weighted by atomic mass is 9.86. The topological polar surface area (TPSA) is 30.2 Å². The first-order valence-electron chi connectivity index (χ1n) is 7.19. The van der Waals surface area contributed by atoms with Crippen LogP contribution in [0, 0.1) is 0 Å². The summed E-state index contributed by atoms with van der Waals surface area (Å²) in [4.78, 5) is 0. The van der Waals surface area contributed by atoms with Gasteiger partial charge in [-0.25, -0.2) is 0 Å². The van der Waals surface area contributed by atoms with Crippen LogP contribution in [0.4, 0.5) is 13.2 Å². The van der Waals surface area contributed by atoms with Crippen molar-refractivity contribution < 1.29 is 13.2 Å². The molecule has 0 saturated carbocycles. The van der Waals surface area contributed by atoms with Gasteiger partial charge in [-0.1, -0.05) is 45.0 Å². The summed E-state index contributed by atoms with van der Waals surface area (Å²) in [7, 11) is 0. The Morgan fingerprint density at radius 2 is 1.43 bits per heavy atom. The van der Waals surface area contributed by atoms with E-state index in [9.17, 15) is 13.2 Å². The highest BCUT2D eigenvalue weighted by Gasteiger charge is 2.36. The Labute approximate surface area is 131 Å². The molecule has 0 fully saturated rings. The van der Waals surface area contributed by atoms with Crippen molar-refractivity contribution in [3.05, 3.63) is 54.0 Å². The molecule has 3 nitrogen and oxygen atoms in total. The second-order valence-electron chi connectivity index (χ2n) is 6.49. The Balaban J connectivity index is 2.07. The maximum Gasteiger partial charge on any atom is 0.452 e. The monoisotopic (exact) mass is 319 g/mol. The molecule has 0 atom stereocenters. The summed E-state index contributed by atoms with van der Waals surface area (Å²) in [6.07, 6.45) is -3.11. The summed E-state index contributed by atoms with van der Waals surface area (Å²) in [6, 6.07) is 11.1. The number of hydrogen-bond acceptors (Lipinski definition) is 2. The van der Waals surface area contributed by atoms with E-state index in [1.165, 1.54) is 17.8 Å². The van der Waals surface area contributed by atoms with Crippen molar-refractivity contribution in [1.29, 1.82) is 0 Å². The number of fused-ring (bicyclic) bond motifs is 1. The number of rotatable bonds is 1. The molecular formula is C17H16F3N3. The van der Waals surface area contributed by atoms with Crippen LogP contribution >= 0.6 is 0 Å². The lowest BCUT2D eigenvalue weighted by molar-refractivity contribution is -0.145. The number of nitrogens with zero attached hydrogens (tertiary/aromatic N) is 3. The predicted molar refractivity (Wildman–Crippen MR) is 82.1 cm³/mol. The van der Waals surface area contributed by atoms with Gasteiger partial charge in [-0.05, 0) is 34.2 Å². The minimum Gasteiger partial charge on any atom is -0.278 e. The maximum absolute atomic E-state index is 12.9. The third-order valence-corrected chi connectivity index (χ3v) is 3.74. The molecule has 0 aliphatic rings. The molecule has 23 heavy (non-hydrogen) atoms. The summed E-state index contributed by atoms with van der Waals surface area (Å²) < 4.78 is 39.8. The van der Waals surface area contributed by atoms with Gasteiger partial charge in [-0.15, -0.1) is 10.2 Å². The Kier molecular flexibility index (Phi) is 3.43. The zero-order chi connectivity index (χ0) is 16.8. The van der Waals surface area contributed by atoms with Gasteiger partial charge in [0.05, 0.1) is 0 Å². The lowest BCUT2D eigenvalue weighted by Crippen LogP contribution is -2.11. The average Bonchev–Trinajstić information content (AvgIpc) is 2.89. The molecule has 2 aromatic heterocycles. The fourth-order valence-corrected chi connectivity index (χ4v) is 2.42. The first kappa shape index (κ1) is 15.5. The molecule has 3 rings (SSSR count). The average molecular weight is 319 g/mol. The summed E-state index contributed by atoms with van der Waals surface area (Å²) in [6.45, 7) is 6.34. The van der Waals surface area contributed by atoms with Crippen molar-refractivity contribution in [1.82, 2.24) is 14.6 Å². The summed E-state index contributed by atoms with van der Waals surface area (Å²) in [5, 5.41) is 6.79. The highest BCUT2D eigenvalue weighted by atomic mass is 19.4. The molecule has 1 aromatic carbocycles. The molecule has 0 unspecified atom stereocenters. The molecule has 0 saturated heterocycles. The van der Waals surface area contributed by atoms with Gasteiger partial charge in [0.25, 0.3) is 0 Å². The van der Waals surface area contributed by atoms with E-state index in [4.69, 9.17) is 0 Å². The standard InChI is InChI=1S/C17H16F3N3/c1-16(2,3)13-7-4-11(5-8-13)12-6-9-14-21-22-15(17(18,19)20)23(14)10-12/h4-10H,1-3H3. The van der Waals surface area contributed by atoms with E-state index in [-0.39, 0.29) is 11.1 Å². The van der Waals surface area contributed by atoms with Crippen LogP contribution in [-0.2, 0) is 11.6 Å². The molecule has 0 aliphatic heterocycles. The zero-order valence-electron chi connectivity index (χ0n) is 13.0. The molecule has 0 radical (unpaired) electrons. The first-order valence-corrected chi connectivity index (χ1v) is 7.19. The molecule has 0 aliphatic carbocycles. The van der Waals surface area contributed by atoms with Gasteiger partial charge < -0.3 is 0 Å². The van der Waals surface area contributed by atoms with E-state index < -0.39 is 12.0 Å². The van der Waals surface area contributed by atoms with E-state index in [1.54, 1.807) is 6.07 Å². The molecule has 0 bridgehead atoms. The SMILES string of the molecule is CC(C)(C)c1ccc(-c2ccc3nnc(C(F)(F)F)n3c2)cc1. The van der Waals surface area contributed by atoms with Gasteiger partial charge >= 0.3 is 6.18 Å². The molecule has 120 valence electrons. The summed E-state index contributed by atoms with van der Waals surface area (Å²) >= 11 is 0. The first-order chi connectivity index (χ1) is 10.7. The van der Waals surface area contributed by atoms with Crippen LogP contribution in [0.25, 0.3) is 16.8 Å². The smallest absolute Gasteiger partial charge is 0.278 e. The van der Waals surface area contributed by atoms with E-state index in [0.29, 0.717) is 5.56 Å². The molecule has 0 amide bonds. The van der Waals surface area contributed by atoms with Crippen LogP contribution in [-0.4, -0.2) is 14.6 Å². The van der Waals surface area contributed by atoms with E-state index in [2.05, 4.69) is 31.0 Å². The minimum atomic E-state index is -4.53. The van der Waals surface area contributed by atoms with Gasteiger partial charge in [-0.3, -0.25) is 4.40 Å². The number of aromatic nitrogens is 3. The number of alkyl halides is 3. The summed E-state index contributed by atoms with van der Waals surface area (Å²) in [5.74, 6) is -1.01. The lowest BCUT2D eigenvalue weighted by Gasteiger charge is -2.19. The molecule has 3 aromatic rings. The fraction of sp³-hybridized carbons (Fsp3) is 0.294. The van der Waals surface area contributed by atoms with Gasteiger partial charge in [0.15, 0.2) is 5.65 Å². The quantitative estimate of drug-likeness (QED) is 0.650. The van der Waals surface area contributed by atoms with Crippen molar-refractivity contribution in [2.45, 2.75) is 32.4 Å². The number of halogens is 3. The Morgan fingerprint density at radius 3 is 2.00 bits per heavy atom. The summed E-state index contributed by atoms with van der Waals surface area (Å²) in [5.41, 5.74) is 2.90. The molecule has 0 N–H and O–H groups in total. The molecular weight excluding hydrogens is 303 g/mol. The van der Waals surface area contributed by atoms with Crippen LogP contribution < -0.4 is 0 Å².